The average Bonchev–Trinajstić information content (AvgIpc) is 3.52. The smallest absolute Gasteiger partial charge is 0.223 e. The van der Waals surface area contributed by atoms with Crippen molar-refractivity contribution >= 4 is 34.4 Å². The molecule has 1 atom stereocenters. The first kappa shape index (κ1) is 25.6. The molecule has 0 aliphatic carbocycles. The topological polar surface area (TPSA) is 99.2 Å². The summed E-state index contributed by atoms with van der Waals surface area (Å²) in [7, 11) is 0. The van der Waals surface area contributed by atoms with Gasteiger partial charge >= 0.3 is 0 Å². The highest BCUT2D eigenvalue weighted by Crippen LogP contribution is 2.37. The number of likely N-dealkylation sites (tertiary alicyclic amines) is 1. The molecule has 1 aliphatic rings. The van der Waals surface area contributed by atoms with Crippen molar-refractivity contribution in [3.8, 4) is 22.8 Å². The van der Waals surface area contributed by atoms with Crippen LogP contribution in [0.2, 0.25) is 0 Å². The van der Waals surface area contributed by atoms with E-state index < -0.39 is 40.6 Å². The standard InChI is InChI=1S/C24H18ClF5N6O2/c25-5-3-17(37)35-6-4-11(9-35)36-24-18(23(31)32-10-33-24)21(34-36)13-2-1-12(7-14(13)26)38-22-19(29)15(27)8-16(28)20(22)30/h1-2,7-8,10-11H,3-6,9H2,(H2,31,32,33)/t11-/m1/s1. The van der Waals surface area contributed by atoms with Crippen molar-refractivity contribution in [1.29, 1.82) is 0 Å². The summed E-state index contributed by atoms with van der Waals surface area (Å²) in [6, 6.07) is 2.89. The van der Waals surface area contributed by atoms with Gasteiger partial charge in [-0.15, -0.1) is 11.6 Å². The molecular formula is C24H18ClF5N6O2. The zero-order valence-corrected chi connectivity index (χ0v) is 20.2. The Bertz CT molecular complexity index is 1540. The van der Waals surface area contributed by atoms with Gasteiger partial charge in [0.15, 0.2) is 17.3 Å². The zero-order chi connectivity index (χ0) is 27.1. The average molecular weight is 553 g/mol. The molecule has 0 unspecified atom stereocenters. The number of benzene rings is 2. The highest BCUT2D eigenvalue weighted by atomic mass is 35.5. The zero-order valence-electron chi connectivity index (χ0n) is 19.4. The minimum atomic E-state index is -1.77. The van der Waals surface area contributed by atoms with E-state index in [9.17, 15) is 22.4 Å². The van der Waals surface area contributed by atoms with Crippen molar-refractivity contribution < 1.29 is 31.5 Å². The summed E-state index contributed by atoms with van der Waals surface area (Å²) >= 11 is 5.68. The van der Waals surface area contributed by atoms with Crippen LogP contribution in [-0.2, 0) is 4.79 Å². The molecule has 0 saturated carbocycles. The maximum atomic E-state index is 15.3. The molecule has 8 nitrogen and oxygen atoms in total. The Morgan fingerprint density at radius 1 is 1.08 bits per heavy atom. The van der Waals surface area contributed by atoms with E-state index in [1.165, 1.54) is 12.4 Å². The molecule has 1 amide bonds. The van der Waals surface area contributed by atoms with Crippen molar-refractivity contribution in [2.24, 2.45) is 0 Å². The van der Waals surface area contributed by atoms with Gasteiger partial charge in [-0.05, 0) is 18.6 Å². The first-order chi connectivity index (χ1) is 18.2. The predicted molar refractivity (Wildman–Crippen MR) is 127 cm³/mol. The van der Waals surface area contributed by atoms with E-state index in [1.54, 1.807) is 9.58 Å². The lowest BCUT2D eigenvalue weighted by Crippen LogP contribution is -2.29. The molecule has 0 spiro atoms. The van der Waals surface area contributed by atoms with Gasteiger partial charge in [-0.3, -0.25) is 4.79 Å². The van der Waals surface area contributed by atoms with Crippen molar-refractivity contribution in [1.82, 2.24) is 24.6 Å². The molecule has 2 aromatic carbocycles. The molecule has 3 heterocycles. The Hall–Kier alpha value is -4.00. The van der Waals surface area contributed by atoms with Crippen LogP contribution in [0.5, 0.6) is 11.5 Å². The SMILES string of the molecule is Nc1ncnc2c1c(-c1ccc(Oc3c(F)c(F)cc(F)c3F)cc1F)nn2[C@@H]1CCN(C(=O)CCCl)C1. The van der Waals surface area contributed by atoms with Crippen LogP contribution in [0.1, 0.15) is 18.9 Å². The number of aromatic nitrogens is 4. The molecule has 38 heavy (non-hydrogen) atoms. The molecule has 0 bridgehead atoms. The van der Waals surface area contributed by atoms with E-state index in [0.29, 0.717) is 25.2 Å². The van der Waals surface area contributed by atoms with Crippen LogP contribution in [0.15, 0.2) is 30.6 Å². The lowest BCUT2D eigenvalue weighted by molar-refractivity contribution is -0.129. The number of halogens is 6. The fourth-order valence-corrected chi connectivity index (χ4v) is 4.52. The molecule has 5 rings (SSSR count). The number of hydrogen-bond acceptors (Lipinski definition) is 6. The Kier molecular flexibility index (Phi) is 6.78. The highest BCUT2D eigenvalue weighted by molar-refractivity contribution is 6.18. The Labute approximate surface area is 216 Å². The molecule has 2 aromatic heterocycles. The molecule has 198 valence electrons. The third kappa shape index (κ3) is 4.46. The quantitative estimate of drug-likeness (QED) is 0.206. The first-order valence-electron chi connectivity index (χ1n) is 11.3. The summed E-state index contributed by atoms with van der Waals surface area (Å²) < 4.78 is 76.8. The highest BCUT2D eigenvalue weighted by Gasteiger charge is 2.31. The summed E-state index contributed by atoms with van der Waals surface area (Å²) in [6.45, 7) is 0.818. The van der Waals surface area contributed by atoms with Crippen LogP contribution in [0, 0.1) is 29.1 Å². The third-order valence-electron chi connectivity index (χ3n) is 6.18. The minimum absolute atomic E-state index is 0.0309. The number of carbonyl (C=O) groups excluding carboxylic acids is 1. The van der Waals surface area contributed by atoms with Crippen LogP contribution < -0.4 is 10.5 Å². The monoisotopic (exact) mass is 552 g/mol. The molecular weight excluding hydrogens is 535 g/mol. The maximum absolute atomic E-state index is 15.3. The number of fused-ring (bicyclic) bond motifs is 1. The van der Waals surface area contributed by atoms with Gasteiger partial charge in [0.1, 0.15) is 29.4 Å². The summed E-state index contributed by atoms with van der Waals surface area (Å²) in [4.78, 5) is 22.2. The summed E-state index contributed by atoms with van der Waals surface area (Å²) in [5.74, 6) is -9.44. The normalized spacial score (nSPS) is 15.4. The van der Waals surface area contributed by atoms with Crippen molar-refractivity contribution in [2.75, 3.05) is 24.7 Å². The van der Waals surface area contributed by atoms with E-state index in [2.05, 4.69) is 15.1 Å². The van der Waals surface area contributed by atoms with Gasteiger partial charge in [0, 0.05) is 43.1 Å². The van der Waals surface area contributed by atoms with E-state index >= 15 is 4.39 Å². The maximum Gasteiger partial charge on any atom is 0.223 e. The largest absolute Gasteiger partial charge is 0.451 e. The number of alkyl halides is 1. The lowest BCUT2D eigenvalue weighted by atomic mass is 10.1. The van der Waals surface area contributed by atoms with Crippen molar-refractivity contribution in [3.05, 3.63) is 59.7 Å². The van der Waals surface area contributed by atoms with Gasteiger partial charge in [0.25, 0.3) is 0 Å². The predicted octanol–water partition coefficient (Wildman–Crippen LogP) is 4.97. The number of nitrogen functional groups attached to an aromatic ring is 1. The number of carbonyl (C=O) groups is 1. The van der Waals surface area contributed by atoms with Crippen LogP contribution in [-0.4, -0.2) is 49.5 Å². The van der Waals surface area contributed by atoms with E-state index in [1.807, 2.05) is 0 Å². The van der Waals surface area contributed by atoms with Crippen molar-refractivity contribution in [2.45, 2.75) is 18.9 Å². The van der Waals surface area contributed by atoms with Crippen LogP contribution in [0.4, 0.5) is 27.8 Å². The molecule has 1 aliphatic heterocycles. The Morgan fingerprint density at radius 2 is 1.82 bits per heavy atom. The second kappa shape index (κ2) is 10.0. The van der Waals surface area contributed by atoms with E-state index in [0.717, 1.165) is 12.1 Å². The van der Waals surface area contributed by atoms with Gasteiger partial charge in [-0.1, -0.05) is 0 Å². The van der Waals surface area contributed by atoms with Crippen LogP contribution >= 0.6 is 11.6 Å². The number of nitrogens with two attached hydrogens (primary N) is 1. The molecule has 2 N–H and O–H groups in total. The first-order valence-corrected chi connectivity index (χ1v) is 11.9. The van der Waals surface area contributed by atoms with E-state index in [4.69, 9.17) is 22.1 Å². The second-order valence-electron chi connectivity index (χ2n) is 8.51. The van der Waals surface area contributed by atoms with Crippen LogP contribution in [0.3, 0.4) is 0 Å². The molecule has 1 saturated heterocycles. The second-order valence-corrected chi connectivity index (χ2v) is 8.89. The Morgan fingerprint density at radius 3 is 2.50 bits per heavy atom. The Balaban J connectivity index is 1.51. The van der Waals surface area contributed by atoms with Gasteiger partial charge in [0.05, 0.1) is 11.4 Å². The number of hydrogen-bond donors (Lipinski definition) is 1. The van der Waals surface area contributed by atoms with Gasteiger partial charge in [-0.25, -0.2) is 27.8 Å². The fraction of sp³-hybridized carbons (Fsp3) is 0.250. The summed E-state index contributed by atoms with van der Waals surface area (Å²) in [5.41, 5.74) is 6.42. The molecule has 4 aromatic rings. The van der Waals surface area contributed by atoms with Crippen molar-refractivity contribution in [3.63, 3.8) is 0 Å². The number of ether oxygens (including phenoxy) is 1. The number of amides is 1. The van der Waals surface area contributed by atoms with Gasteiger partial charge in [0.2, 0.25) is 23.3 Å². The molecule has 1 fully saturated rings. The third-order valence-corrected chi connectivity index (χ3v) is 6.36. The number of nitrogens with zero attached hydrogens (tertiary/aromatic N) is 5. The van der Waals surface area contributed by atoms with Gasteiger partial charge < -0.3 is 15.4 Å². The molecule has 0 radical (unpaired) electrons. The van der Waals surface area contributed by atoms with E-state index in [-0.39, 0.29) is 52.8 Å². The summed E-state index contributed by atoms with van der Waals surface area (Å²) in [6.07, 6.45) is 1.99. The molecule has 14 heteroatoms. The van der Waals surface area contributed by atoms with Crippen LogP contribution in [0.25, 0.3) is 22.3 Å². The fourth-order valence-electron chi connectivity index (χ4n) is 4.36. The lowest BCUT2D eigenvalue weighted by Gasteiger charge is -2.16. The number of anilines is 1. The number of rotatable bonds is 6. The minimum Gasteiger partial charge on any atom is -0.451 e. The summed E-state index contributed by atoms with van der Waals surface area (Å²) in [5, 5.41) is 4.80. The van der Waals surface area contributed by atoms with Gasteiger partial charge in [-0.2, -0.15) is 13.9 Å².